The fraction of sp³-hybridized carbons (Fsp3) is 0.417. The lowest BCUT2D eigenvalue weighted by molar-refractivity contribution is -0.118. The molecule has 0 fully saturated rings. The first kappa shape index (κ1) is 14.5. The molecule has 2 unspecified atom stereocenters. The summed E-state index contributed by atoms with van der Waals surface area (Å²) in [5.41, 5.74) is 6.49. The van der Waals surface area contributed by atoms with Crippen molar-refractivity contribution in [2.75, 3.05) is 5.32 Å². The van der Waals surface area contributed by atoms with Crippen LogP contribution >= 0.6 is 27.5 Å². The van der Waals surface area contributed by atoms with Crippen LogP contribution in [0, 0.1) is 5.92 Å². The van der Waals surface area contributed by atoms with Gasteiger partial charge in [0.25, 0.3) is 0 Å². The summed E-state index contributed by atoms with van der Waals surface area (Å²) in [6.45, 7) is 3.97. The Hall–Kier alpha value is -0.580. The van der Waals surface area contributed by atoms with Crippen LogP contribution in [0.25, 0.3) is 0 Å². The van der Waals surface area contributed by atoms with Crippen molar-refractivity contribution >= 4 is 39.1 Å². The summed E-state index contributed by atoms with van der Waals surface area (Å²) in [7, 11) is 0. The Morgan fingerprint density at radius 1 is 1.59 bits per heavy atom. The molecule has 0 saturated heterocycles. The zero-order chi connectivity index (χ0) is 13.0. The Labute approximate surface area is 115 Å². The molecule has 1 rings (SSSR count). The highest BCUT2D eigenvalue weighted by Crippen LogP contribution is 2.25. The summed E-state index contributed by atoms with van der Waals surface area (Å²) in [4.78, 5) is 11.8. The zero-order valence-electron chi connectivity index (χ0n) is 9.84. The van der Waals surface area contributed by atoms with Gasteiger partial charge in [-0.15, -0.1) is 0 Å². The van der Waals surface area contributed by atoms with Gasteiger partial charge in [0.05, 0.1) is 11.1 Å². The predicted octanol–water partition coefficient (Wildman–Crippen LogP) is 3.41. The van der Waals surface area contributed by atoms with Gasteiger partial charge in [0.2, 0.25) is 5.91 Å². The van der Waals surface area contributed by atoms with E-state index in [1.54, 1.807) is 18.2 Å². The standard InChI is InChI=1S/C12H16BrClN2O/c1-3-7(2)11(15)12(17)16-8-4-5-9(13)10(14)6-8/h4-7,11H,3,15H2,1-2H3,(H,16,17). The Bertz CT molecular complexity index is 411. The van der Waals surface area contributed by atoms with E-state index >= 15 is 0 Å². The molecule has 3 nitrogen and oxygen atoms in total. The summed E-state index contributed by atoms with van der Waals surface area (Å²) in [5, 5.41) is 3.31. The fourth-order valence-corrected chi connectivity index (χ4v) is 1.74. The number of carbonyl (C=O) groups is 1. The zero-order valence-corrected chi connectivity index (χ0v) is 12.2. The molecule has 1 aromatic rings. The molecular formula is C12H16BrClN2O. The minimum absolute atomic E-state index is 0.154. The number of nitrogens with one attached hydrogen (secondary N) is 1. The van der Waals surface area contributed by atoms with Gasteiger partial charge in [0.1, 0.15) is 0 Å². The Morgan fingerprint density at radius 3 is 2.76 bits per heavy atom. The van der Waals surface area contributed by atoms with Crippen LogP contribution < -0.4 is 11.1 Å². The van der Waals surface area contributed by atoms with Crippen molar-refractivity contribution in [3.8, 4) is 0 Å². The minimum Gasteiger partial charge on any atom is -0.325 e. The molecule has 0 bridgehead atoms. The number of carbonyl (C=O) groups excluding carboxylic acids is 1. The van der Waals surface area contributed by atoms with E-state index in [1.165, 1.54) is 0 Å². The van der Waals surface area contributed by atoms with Gasteiger partial charge in [0.15, 0.2) is 0 Å². The lowest BCUT2D eigenvalue weighted by Crippen LogP contribution is -2.40. The Morgan fingerprint density at radius 2 is 2.24 bits per heavy atom. The van der Waals surface area contributed by atoms with Crippen LogP contribution in [0.4, 0.5) is 5.69 Å². The van der Waals surface area contributed by atoms with E-state index < -0.39 is 6.04 Å². The molecule has 5 heteroatoms. The van der Waals surface area contributed by atoms with Gasteiger partial charge in [-0.2, -0.15) is 0 Å². The van der Waals surface area contributed by atoms with Crippen molar-refractivity contribution in [3.05, 3.63) is 27.7 Å². The van der Waals surface area contributed by atoms with Crippen LogP contribution in [-0.4, -0.2) is 11.9 Å². The van der Waals surface area contributed by atoms with Crippen molar-refractivity contribution in [2.45, 2.75) is 26.3 Å². The molecule has 2 atom stereocenters. The Balaban J connectivity index is 2.71. The molecular weight excluding hydrogens is 304 g/mol. The first-order valence-electron chi connectivity index (χ1n) is 5.47. The quantitative estimate of drug-likeness (QED) is 0.893. The third-order valence-corrected chi connectivity index (χ3v) is 3.98. The smallest absolute Gasteiger partial charge is 0.241 e. The molecule has 94 valence electrons. The molecule has 0 saturated carbocycles. The van der Waals surface area contributed by atoms with E-state index in [9.17, 15) is 4.79 Å². The number of nitrogens with two attached hydrogens (primary N) is 1. The maximum Gasteiger partial charge on any atom is 0.241 e. The molecule has 0 aromatic heterocycles. The van der Waals surface area contributed by atoms with Gasteiger partial charge < -0.3 is 11.1 Å². The number of hydrogen-bond acceptors (Lipinski definition) is 2. The fourth-order valence-electron chi connectivity index (χ4n) is 1.31. The third-order valence-electron chi connectivity index (χ3n) is 2.75. The summed E-state index contributed by atoms with van der Waals surface area (Å²) in [6.07, 6.45) is 0.871. The van der Waals surface area contributed by atoms with E-state index in [0.29, 0.717) is 10.7 Å². The van der Waals surface area contributed by atoms with Crippen LogP contribution in [-0.2, 0) is 4.79 Å². The van der Waals surface area contributed by atoms with E-state index in [-0.39, 0.29) is 11.8 Å². The number of hydrogen-bond donors (Lipinski definition) is 2. The second kappa shape index (κ2) is 6.38. The van der Waals surface area contributed by atoms with Crippen LogP contribution in [0.2, 0.25) is 5.02 Å². The van der Waals surface area contributed by atoms with Crippen LogP contribution in [0.5, 0.6) is 0 Å². The number of rotatable bonds is 4. The monoisotopic (exact) mass is 318 g/mol. The molecule has 17 heavy (non-hydrogen) atoms. The van der Waals surface area contributed by atoms with Gasteiger partial charge in [-0.05, 0) is 40.0 Å². The SMILES string of the molecule is CCC(C)C(N)C(=O)Nc1ccc(Br)c(Cl)c1. The molecule has 1 aromatic carbocycles. The van der Waals surface area contributed by atoms with Crippen LogP contribution in [0.3, 0.4) is 0 Å². The van der Waals surface area contributed by atoms with Crippen molar-refractivity contribution in [3.63, 3.8) is 0 Å². The summed E-state index contributed by atoms with van der Waals surface area (Å²) in [5.74, 6) is -0.0290. The molecule has 0 aliphatic heterocycles. The average Bonchev–Trinajstić information content (AvgIpc) is 2.31. The molecule has 0 aliphatic carbocycles. The first-order chi connectivity index (χ1) is 7.95. The maximum absolute atomic E-state index is 11.8. The van der Waals surface area contributed by atoms with Crippen molar-refractivity contribution in [1.82, 2.24) is 0 Å². The highest BCUT2D eigenvalue weighted by molar-refractivity contribution is 9.10. The lowest BCUT2D eigenvalue weighted by atomic mass is 9.99. The summed E-state index contributed by atoms with van der Waals surface area (Å²) in [6, 6.07) is 4.75. The topological polar surface area (TPSA) is 55.1 Å². The van der Waals surface area contributed by atoms with Gasteiger partial charge in [-0.25, -0.2) is 0 Å². The summed E-state index contributed by atoms with van der Waals surface area (Å²) >= 11 is 9.23. The van der Waals surface area contributed by atoms with E-state index in [1.807, 2.05) is 13.8 Å². The van der Waals surface area contributed by atoms with Gasteiger partial charge in [0, 0.05) is 10.2 Å². The first-order valence-corrected chi connectivity index (χ1v) is 6.64. The minimum atomic E-state index is -0.498. The second-order valence-electron chi connectivity index (χ2n) is 4.03. The number of halogens is 2. The number of anilines is 1. The van der Waals surface area contributed by atoms with E-state index in [0.717, 1.165) is 10.9 Å². The van der Waals surface area contributed by atoms with Crippen molar-refractivity contribution in [1.29, 1.82) is 0 Å². The molecule has 0 radical (unpaired) electrons. The Kier molecular flexibility index (Phi) is 5.43. The average molecular weight is 320 g/mol. The molecule has 0 heterocycles. The molecule has 3 N–H and O–H groups in total. The maximum atomic E-state index is 11.8. The highest BCUT2D eigenvalue weighted by atomic mass is 79.9. The number of amides is 1. The summed E-state index contributed by atoms with van der Waals surface area (Å²) < 4.78 is 0.795. The second-order valence-corrected chi connectivity index (χ2v) is 5.29. The highest BCUT2D eigenvalue weighted by Gasteiger charge is 2.19. The normalized spacial score (nSPS) is 14.2. The lowest BCUT2D eigenvalue weighted by Gasteiger charge is -2.17. The van der Waals surface area contributed by atoms with Crippen LogP contribution in [0.1, 0.15) is 20.3 Å². The third kappa shape index (κ3) is 3.98. The van der Waals surface area contributed by atoms with E-state index in [2.05, 4.69) is 21.2 Å². The molecule has 1 amide bonds. The molecule has 0 spiro atoms. The van der Waals surface area contributed by atoms with E-state index in [4.69, 9.17) is 17.3 Å². The van der Waals surface area contributed by atoms with Gasteiger partial charge >= 0.3 is 0 Å². The van der Waals surface area contributed by atoms with Crippen molar-refractivity contribution < 1.29 is 4.79 Å². The van der Waals surface area contributed by atoms with Crippen molar-refractivity contribution in [2.24, 2.45) is 11.7 Å². The van der Waals surface area contributed by atoms with Gasteiger partial charge in [-0.3, -0.25) is 4.79 Å². The number of benzene rings is 1. The molecule has 0 aliphatic rings. The largest absolute Gasteiger partial charge is 0.325 e. The van der Waals surface area contributed by atoms with Crippen LogP contribution in [0.15, 0.2) is 22.7 Å². The predicted molar refractivity (Wildman–Crippen MR) is 75.2 cm³/mol. The van der Waals surface area contributed by atoms with Gasteiger partial charge in [-0.1, -0.05) is 31.9 Å².